The Balaban J connectivity index is 1.10. The number of nitrogens with zero attached hydrogens (tertiary/aromatic N) is 2. The molecule has 0 aliphatic rings. The van der Waals surface area contributed by atoms with Gasteiger partial charge in [0.1, 0.15) is 0 Å². The van der Waals surface area contributed by atoms with Crippen molar-refractivity contribution in [2.24, 2.45) is 0 Å². The maximum absolute atomic E-state index is 3.44. The molecule has 5 heteroatoms. The van der Waals surface area contributed by atoms with Gasteiger partial charge in [-0.05, 0) is 152 Å². The number of hydrogen-bond donors (Lipinski definition) is 0. The molecule has 0 bridgehead atoms. The summed E-state index contributed by atoms with van der Waals surface area (Å²) in [5, 5.41) is 10.3. The zero-order chi connectivity index (χ0) is 61.6. The van der Waals surface area contributed by atoms with Crippen LogP contribution >= 0.6 is 0 Å². The Labute approximate surface area is 528 Å². The van der Waals surface area contributed by atoms with Gasteiger partial charge >= 0.3 is 0 Å². The third-order valence-electron chi connectivity index (χ3n) is 19.7. The highest BCUT2D eigenvalue weighted by Gasteiger charge is 2.43. The highest BCUT2D eigenvalue weighted by atomic mass is 28.3. The van der Waals surface area contributed by atoms with E-state index in [9.17, 15) is 0 Å². The molecule has 0 aliphatic carbocycles. The quantitative estimate of drug-likeness (QED) is 0.0852. The third-order valence-corrected chi connectivity index (χ3v) is 24.5. The predicted molar refractivity (Wildman–Crippen MR) is 391 cm³/mol. The van der Waals surface area contributed by atoms with Crippen molar-refractivity contribution in [3.63, 3.8) is 0 Å². The Bertz CT molecular complexity index is 4720. The largest absolute Gasteiger partial charge is 0.309 e. The molecule has 0 fully saturated rings. The molecule has 2 heterocycles. The lowest BCUT2D eigenvalue weighted by Crippen LogP contribution is -2.75. The molecule has 0 atom stereocenters. The number of aromatic nitrogens is 2. The van der Waals surface area contributed by atoms with E-state index < -0.39 is 8.07 Å². The Hall–Kier alpha value is -9.41. The average Bonchev–Trinajstić information content (AvgIpc) is 1.71. The Kier molecular flexibility index (Phi) is 14.6. The minimum absolute atomic E-state index is 0.0262. The lowest BCUT2D eigenvalue weighted by atomic mass is 9.34. The van der Waals surface area contributed by atoms with Crippen LogP contribution in [0.5, 0.6) is 0 Å². The summed E-state index contributed by atoms with van der Waals surface area (Å²) in [6.45, 7) is 27.5. The third kappa shape index (κ3) is 9.65. The van der Waals surface area contributed by atoms with Gasteiger partial charge in [0.2, 0.25) is 13.4 Å². The second-order valence-corrected chi connectivity index (χ2v) is 29.8. The molecule has 0 unspecified atom stereocenters. The Morgan fingerprint density at radius 1 is 0.236 bits per heavy atom. The van der Waals surface area contributed by atoms with Crippen molar-refractivity contribution in [1.82, 2.24) is 9.13 Å². The normalized spacial score (nSPS) is 11.8. The van der Waals surface area contributed by atoms with Crippen molar-refractivity contribution in [2.45, 2.75) is 83.1 Å². The SMILES string of the molecule is Cc1cc(C)c(B(c2ccc([Si](c3ccc(B(c4c(C)cc(C)cc4C)c4c(C)cc(C)cc4C)cc3)(c3ccc4c(c3)c3ccccc3n4-c3ccccc3)c3ccc4c5ccccc5n(-c5ccccc5)c4c3)cc2)c2c(C)cc(C)cc2C)c(C)c1. The number of rotatable bonds is 12. The summed E-state index contributed by atoms with van der Waals surface area (Å²) in [6.07, 6.45) is 0. The number of para-hydroxylation sites is 4. The second-order valence-electron chi connectivity index (χ2n) is 25.9. The summed E-state index contributed by atoms with van der Waals surface area (Å²) in [4.78, 5) is 0. The fraction of sp³-hybridized carbons (Fsp3) is 0.143. The van der Waals surface area contributed by atoms with Crippen LogP contribution in [0.25, 0.3) is 55.0 Å². The van der Waals surface area contributed by atoms with Crippen LogP contribution in [0.15, 0.2) is 243 Å². The number of fused-ring (bicyclic) bond motifs is 6. The van der Waals surface area contributed by atoms with Gasteiger partial charge in [0, 0.05) is 32.9 Å². The van der Waals surface area contributed by atoms with E-state index in [0.29, 0.717) is 0 Å². The summed E-state index contributed by atoms with van der Waals surface area (Å²) < 4.78 is 4.96. The van der Waals surface area contributed by atoms with Crippen molar-refractivity contribution in [2.75, 3.05) is 0 Å². The van der Waals surface area contributed by atoms with E-state index in [0.717, 1.165) is 11.4 Å². The molecule has 0 radical (unpaired) electrons. The molecule has 2 aromatic heterocycles. The molecule has 2 nitrogen and oxygen atoms in total. The molecule has 0 spiro atoms. The lowest BCUT2D eigenvalue weighted by molar-refractivity contribution is 1.18. The smallest absolute Gasteiger partial charge is 0.242 e. The zero-order valence-electron chi connectivity index (χ0n) is 53.6. The van der Waals surface area contributed by atoms with Crippen molar-refractivity contribution in [3.8, 4) is 11.4 Å². The molecule has 89 heavy (non-hydrogen) atoms. The molecular weight excluding hydrogens is 1090 g/mol. The summed E-state index contributed by atoms with van der Waals surface area (Å²) in [5.74, 6) is 0. The molecule has 12 aromatic carbocycles. The van der Waals surface area contributed by atoms with Crippen LogP contribution in [0.4, 0.5) is 0 Å². The van der Waals surface area contributed by atoms with Gasteiger partial charge < -0.3 is 9.13 Å². The van der Waals surface area contributed by atoms with Crippen LogP contribution < -0.4 is 53.5 Å². The number of aryl methyl sites for hydroxylation is 12. The van der Waals surface area contributed by atoms with E-state index >= 15 is 0 Å². The van der Waals surface area contributed by atoms with E-state index in [4.69, 9.17) is 0 Å². The molecule has 0 amide bonds. The van der Waals surface area contributed by atoms with E-state index in [-0.39, 0.29) is 13.4 Å². The van der Waals surface area contributed by atoms with Gasteiger partial charge in [-0.1, -0.05) is 294 Å². The highest BCUT2D eigenvalue weighted by molar-refractivity contribution is 7.20. The summed E-state index contributed by atoms with van der Waals surface area (Å²) in [7, 11) is -3.44. The fourth-order valence-electron chi connectivity index (χ4n) is 16.5. The van der Waals surface area contributed by atoms with Crippen molar-refractivity contribution >= 4 is 119 Å². The first kappa shape index (κ1) is 57.3. The summed E-state index contributed by atoms with van der Waals surface area (Å²) >= 11 is 0. The average molecular weight is 1160 g/mol. The van der Waals surface area contributed by atoms with Crippen LogP contribution in [0, 0.1) is 83.1 Å². The van der Waals surface area contributed by atoms with Crippen LogP contribution in [0.3, 0.4) is 0 Å². The van der Waals surface area contributed by atoms with E-state index in [1.807, 2.05) is 0 Å². The van der Waals surface area contributed by atoms with Crippen LogP contribution in [0.1, 0.15) is 66.8 Å². The topological polar surface area (TPSA) is 9.86 Å². The number of benzene rings is 12. The molecular formula is C84H76B2N2Si. The highest BCUT2D eigenvalue weighted by Crippen LogP contribution is 2.34. The minimum Gasteiger partial charge on any atom is -0.309 e. The van der Waals surface area contributed by atoms with Crippen LogP contribution in [-0.4, -0.2) is 30.6 Å². The van der Waals surface area contributed by atoms with Gasteiger partial charge in [0.25, 0.3) is 0 Å². The zero-order valence-corrected chi connectivity index (χ0v) is 54.6. The molecule has 432 valence electrons. The summed E-state index contributed by atoms with van der Waals surface area (Å²) in [5.41, 5.74) is 31.1. The van der Waals surface area contributed by atoms with Crippen molar-refractivity contribution in [1.29, 1.82) is 0 Å². The number of hydrogen-bond acceptors (Lipinski definition) is 0. The molecule has 0 aliphatic heterocycles. The molecule has 0 saturated heterocycles. The van der Waals surface area contributed by atoms with Gasteiger partial charge in [-0.25, -0.2) is 0 Å². The Morgan fingerprint density at radius 2 is 0.528 bits per heavy atom. The second kappa shape index (κ2) is 22.6. The van der Waals surface area contributed by atoms with E-state index in [1.54, 1.807) is 0 Å². The van der Waals surface area contributed by atoms with Crippen LogP contribution in [-0.2, 0) is 0 Å². The van der Waals surface area contributed by atoms with E-state index in [1.165, 1.54) is 164 Å². The molecule has 0 N–H and O–H groups in total. The van der Waals surface area contributed by atoms with Crippen molar-refractivity contribution in [3.05, 3.63) is 309 Å². The fourth-order valence-corrected chi connectivity index (χ4v) is 21.2. The maximum Gasteiger partial charge on any atom is 0.242 e. The first-order valence-corrected chi connectivity index (χ1v) is 33.8. The van der Waals surface area contributed by atoms with Gasteiger partial charge in [-0.3, -0.25) is 0 Å². The molecule has 0 saturated carbocycles. The standard InChI is InChI=1S/C84H76B2N2Si/c1-53-43-57(5)81(58(6)44-53)85(82-59(7)45-54(2)46-60(82)8)65-31-35-69(36-32-65)89(71-40-42-79-76(51-71)74-28-20-22-30-78(74)87(79)67-23-15-13-16-24-67,72-39-41-75-73-27-19-21-29-77(73)88(80(75)52-72)68-25-17-14-18-26-68)70-37-33-66(34-38-70)86(83-61(9)47-55(3)48-62(83)10)84-63(11)49-56(4)50-64(84)12/h13-52H,1-12H3. The monoisotopic (exact) mass is 1160 g/mol. The maximum atomic E-state index is 2.60. The van der Waals surface area contributed by atoms with Gasteiger partial charge in [0.05, 0.1) is 22.1 Å². The molecule has 14 rings (SSSR count). The van der Waals surface area contributed by atoms with E-state index in [2.05, 4.69) is 335 Å². The van der Waals surface area contributed by atoms with Gasteiger partial charge in [-0.2, -0.15) is 0 Å². The summed E-state index contributed by atoms with van der Waals surface area (Å²) in [6, 6.07) is 94.2. The molecule has 14 aromatic rings. The first-order valence-electron chi connectivity index (χ1n) is 31.8. The minimum atomic E-state index is -3.44. The van der Waals surface area contributed by atoms with Crippen LogP contribution in [0.2, 0.25) is 0 Å². The Morgan fingerprint density at radius 3 is 0.921 bits per heavy atom. The van der Waals surface area contributed by atoms with Gasteiger partial charge in [-0.15, -0.1) is 0 Å². The predicted octanol–water partition coefficient (Wildman–Crippen LogP) is 14.0. The lowest BCUT2D eigenvalue weighted by Gasteiger charge is -2.35. The first-order chi connectivity index (χ1) is 43.1. The van der Waals surface area contributed by atoms with Crippen molar-refractivity contribution < 1.29 is 0 Å². The van der Waals surface area contributed by atoms with Gasteiger partial charge in [0.15, 0.2) is 8.07 Å².